The van der Waals surface area contributed by atoms with E-state index in [9.17, 15) is 10.2 Å². The Morgan fingerprint density at radius 3 is 1.19 bits per heavy atom. The Morgan fingerprint density at radius 1 is 0.514 bits per heavy atom. The van der Waals surface area contributed by atoms with Crippen molar-refractivity contribution in [2.45, 2.75) is 52.4 Å². The average molecular weight is 674 g/mol. The molecule has 37 heavy (non-hydrogen) atoms. The number of para-hydroxylation sites is 2. The Labute approximate surface area is 231 Å². The molecule has 2 heterocycles. The minimum atomic E-state index is -0.283. The number of aromatic nitrogens is 4. The van der Waals surface area contributed by atoms with E-state index in [0.717, 1.165) is 22.2 Å². The van der Waals surface area contributed by atoms with Crippen LogP contribution in [0.15, 0.2) is 60.7 Å². The summed E-state index contributed by atoms with van der Waals surface area (Å²) in [7, 11) is 0. The molecule has 0 spiro atoms. The molecule has 0 saturated carbocycles. The predicted molar refractivity (Wildman–Crippen MR) is 144 cm³/mol. The number of phenolic OH excluding ortho intramolecular Hbond substituents is 2. The first-order valence-corrected chi connectivity index (χ1v) is 12.1. The van der Waals surface area contributed by atoms with E-state index >= 15 is 0 Å². The molecule has 7 heteroatoms. The molecule has 0 bridgehead atoms. The van der Waals surface area contributed by atoms with E-state index in [1.54, 1.807) is 24.3 Å². The third-order valence-corrected chi connectivity index (χ3v) is 6.24. The van der Waals surface area contributed by atoms with E-state index in [-0.39, 0.29) is 43.4 Å². The maximum atomic E-state index is 10.6. The van der Waals surface area contributed by atoms with Gasteiger partial charge in [-0.05, 0) is 24.3 Å². The Kier molecular flexibility index (Phi) is 6.85. The molecule has 5 aromatic rings. The fraction of sp³-hybridized carbons (Fsp3) is 0.267. The summed E-state index contributed by atoms with van der Waals surface area (Å²) < 4.78 is 0. The third-order valence-electron chi connectivity index (χ3n) is 6.24. The molecule has 0 saturated heterocycles. The summed E-state index contributed by atoms with van der Waals surface area (Å²) in [6, 6.07) is 18.3. The van der Waals surface area contributed by atoms with E-state index in [1.807, 2.05) is 36.4 Å². The second-order valence-electron chi connectivity index (χ2n) is 11.2. The average Bonchev–Trinajstić information content (AvgIpc) is 2.82. The van der Waals surface area contributed by atoms with E-state index < -0.39 is 0 Å². The normalized spacial score (nSPS) is 12.1. The Balaban J connectivity index is 0.00000320. The van der Waals surface area contributed by atoms with Crippen molar-refractivity contribution >= 4 is 21.8 Å². The molecule has 192 valence electrons. The van der Waals surface area contributed by atoms with Crippen LogP contribution in [0.25, 0.3) is 44.6 Å². The number of hydrogen-bond acceptors (Lipinski definition) is 6. The quantitative estimate of drug-likeness (QED) is 0.198. The van der Waals surface area contributed by atoms with Crippen molar-refractivity contribution in [3.63, 3.8) is 0 Å². The smallest absolute Gasteiger partial charge is 0.163 e. The summed E-state index contributed by atoms with van der Waals surface area (Å²) in [6.45, 7) is 12.7. The maximum Gasteiger partial charge on any atom is 0.163 e. The standard InChI is InChI=1S/C30H30N4O2.Pt/c1-29(2,3)25-19-15-16-20-24(23(19)31-27(33-25)17-11-7-9-13-21(17)35)32-28(34-26(20)30(4,5)6)18-12-8-10-14-22(18)36;/h7-16,35-36H,1-6H3;. The molecular weight excluding hydrogens is 643 g/mol. The summed E-state index contributed by atoms with van der Waals surface area (Å²) >= 11 is 0. The monoisotopic (exact) mass is 673 g/mol. The minimum absolute atomic E-state index is 0. The van der Waals surface area contributed by atoms with Gasteiger partial charge in [-0.25, -0.2) is 19.9 Å². The molecule has 0 aliphatic heterocycles. The molecule has 3 aromatic carbocycles. The van der Waals surface area contributed by atoms with Crippen molar-refractivity contribution in [3.05, 3.63) is 72.1 Å². The number of fused-ring (bicyclic) bond motifs is 3. The van der Waals surface area contributed by atoms with Gasteiger partial charge in [-0.1, -0.05) is 77.9 Å². The van der Waals surface area contributed by atoms with Crippen molar-refractivity contribution < 1.29 is 31.3 Å². The molecule has 0 fully saturated rings. The summed E-state index contributed by atoms with van der Waals surface area (Å²) in [4.78, 5) is 19.8. The molecule has 0 aliphatic rings. The largest absolute Gasteiger partial charge is 0.507 e. The first-order chi connectivity index (χ1) is 16.9. The fourth-order valence-electron chi connectivity index (χ4n) is 4.49. The molecule has 0 amide bonds. The van der Waals surface area contributed by atoms with Crippen LogP contribution in [0, 0.1) is 0 Å². The first kappa shape index (κ1) is 26.7. The van der Waals surface area contributed by atoms with Crippen molar-refractivity contribution in [1.82, 2.24) is 19.9 Å². The predicted octanol–water partition coefficient (Wildman–Crippen LogP) is 6.91. The van der Waals surface area contributed by atoms with Crippen LogP contribution in [-0.4, -0.2) is 30.1 Å². The van der Waals surface area contributed by atoms with Gasteiger partial charge in [0.2, 0.25) is 0 Å². The molecule has 0 aliphatic carbocycles. The zero-order valence-electron chi connectivity index (χ0n) is 21.8. The van der Waals surface area contributed by atoms with Crippen LogP contribution in [0.3, 0.4) is 0 Å². The van der Waals surface area contributed by atoms with E-state index in [4.69, 9.17) is 19.9 Å². The molecular formula is C30H30N4O2Pt. The Morgan fingerprint density at radius 2 is 0.865 bits per heavy atom. The van der Waals surface area contributed by atoms with Gasteiger partial charge in [0.15, 0.2) is 11.6 Å². The van der Waals surface area contributed by atoms with Crippen molar-refractivity contribution in [2.75, 3.05) is 0 Å². The van der Waals surface area contributed by atoms with Gasteiger partial charge in [0.05, 0.1) is 22.5 Å². The van der Waals surface area contributed by atoms with Gasteiger partial charge >= 0.3 is 0 Å². The molecule has 0 radical (unpaired) electrons. The van der Waals surface area contributed by atoms with Gasteiger partial charge in [-0.3, -0.25) is 0 Å². The van der Waals surface area contributed by atoms with Crippen LogP contribution in [0.4, 0.5) is 0 Å². The molecule has 5 rings (SSSR count). The van der Waals surface area contributed by atoms with Crippen LogP contribution in [0.2, 0.25) is 0 Å². The van der Waals surface area contributed by atoms with Gasteiger partial charge in [-0.2, -0.15) is 0 Å². The van der Waals surface area contributed by atoms with Crippen molar-refractivity contribution in [2.24, 2.45) is 0 Å². The first-order valence-electron chi connectivity index (χ1n) is 12.1. The van der Waals surface area contributed by atoms with Crippen LogP contribution >= 0.6 is 0 Å². The number of aromatic hydroxyl groups is 2. The van der Waals surface area contributed by atoms with E-state index in [1.165, 1.54) is 0 Å². The zero-order valence-corrected chi connectivity index (χ0v) is 24.0. The zero-order chi connectivity index (χ0) is 25.8. The summed E-state index contributed by atoms with van der Waals surface area (Å²) in [5.74, 6) is 1.13. The molecule has 6 nitrogen and oxygen atoms in total. The maximum absolute atomic E-state index is 10.6. The summed E-state index contributed by atoms with van der Waals surface area (Å²) in [5, 5.41) is 23.0. The topological polar surface area (TPSA) is 92.0 Å². The summed E-state index contributed by atoms with van der Waals surface area (Å²) in [6.07, 6.45) is 0. The number of nitrogens with zero attached hydrogens (tertiary/aromatic N) is 4. The number of benzene rings is 3. The van der Waals surface area contributed by atoms with Crippen LogP contribution in [0.5, 0.6) is 11.5 Å². The van der Waals surface area contributed by atoms with E-state index in [0.29, 0.717) is 33.8 Å². The van der Waals surface area contributed by atoms with Crippen LogP contribution < -0.4 is 0 Å². The molecule has 0 atom stereocenters. The van der Waals surface area contributed by atoms with E-state index in [2.05, 4.69) is 41.5 Å². The van der Waals surface area contributed by atoms with Crippen molar-refractivity contribution in [1.29, 1.82) is 0 Å². The molecule has 0 unspecified atom stereocenters. The number of hydrogen-bond donors (Lipinski definition) is 2. The third kappa shape index (κ3) is 4.83. The number of phenols is 2. The van der Waals surface area contributed by atoms with Crippen molar-refractivity contribution in [3.8, 4) is 34.3 Å². The SMILES string of the molecule is CC(C)(C)c1nc(-c2ccccc2O)nc2c1ccc1c(C(C)(C)C)nc(-c3ccccc3O)nc12.[Pt]. The molecule has 2 N–H and O–H groups in total. The second-order valence-corrected chi connectivity index (χ2v) is 11.2. The second kappa shape index (κ2) is 9.50. The minimum Gasteiger partial charge on any atom is -0.507 e. The van der Waals surface area contributed by atoms with Gasteiger partial charge in [-0.15, -0.1) is 0 Å². The number of rotatable bonds is 2. The van der Waals surface area contributed by atoms with Gasteiger partial charge in [0.25, 0.3) is 0 Å². The Bertz CT molecular complexity index is 1510. The van der Waals surface area contributed by atoms with Gasteiger partial charge < -0.3 is 10.2 Å². The van der Waals surface area contributed by atoms with Gasteiger partial charge in [0, 0.05) is 42.7 Å². The Hall–Kier alpha value is -3.37. The van der Waals surface area contributed by atoms with Crippen LogP contribution in [-0.2, 0) is 31.9 Å². The fourth-order valence-corrected chi connectivity index (χ4v) is 4.49. The molecule has 2 aromatic heterocycles. The van der Waals surface area contributed by atoms with Gasteiger partial charge in [0.1, 0.15) is 22.5 Å². The van der Waals surface area contributed by atoms with Crippen LogP contribution in [0.1, 0.15) is 52.9 Å². The summed E-state index contributed by atoms with van der Waals surface area (Å²) in [5.41, 5.74) is 3.68.